The first-order valence-electron chi connectivity index (χ1n) is 6.91. The van der Waals surface area contributed by atoms with E-state index in [0.717, 1.165) is 12.8 Å². The molecule has 0 bridgehead atoms. The van der Waals surface area contributed by atoms with Crippen molar-refractivity contribution in [2.45, 2.75) is 58.4 Å². The van der Waals surface area contributed by atoms with Crippen molar-refractivity contribution >= 4 is 0 Å². The Balaban J connectivity index is 2.41. The van der Waals surface area contributed by atoms with Crippen LogP contribution < -0.4 is 5.73 Å². The molecule has 0 saturated carbocycles. The number of hydrogen-bond donors (Lipinski definition) is 1. The second kappa shape index (κ2) is 7.49. The van der Waals surface area contributed by atoms with E-state index in [-0.39, 0.29) is 0 Å². The second-order valence-electron chi connectivity index (χ2n) is 4.99. The normalized spacial score (nSPS) is 13.2. The van der Waals surface area contributed by atoms with Crippen molar-refractivity contribution < 1.29 is 0 Å². The fraction of sp³-hybridized carbons (Fsp3) is 0.786. The molecule has 3 nitrogen and oxygen atoms in total. The van der Waals surface area contributed by atoms with Gasteiger partial charge >= 0.3 is 0 Å². The van der Waals surface area contributed by atoms with Gasteiger partial charge in [-0.05, 0) is 37.7 Å². The molecule has 1 aromatic rings. The molecule has 1 atom stereocenters. The molecule has 3 heteroatoms. The van der Waals surface area contributed by atoms with Crippen LogP contribution in [0.1, 0.15) is 51.6 Å². The van der Waals surface area contributed by atoms with E-state index in [2.05, 4.69) is 25.0 Å². The monoisotopic (exact) mass is 237 g/mol. The van der Waals surface area contributed by atoms with Gasteiger partial charge in [-0.2, -0.15) is 5.10 Å². The molecule has 0 fully saturated rings. The third-order valence-electron chi connectivity index (χ3n) is 3.58. The van der Waals surface area contributed by atoms with E-state index in [1.807, 2.05) is 17.9 Å². The fourth-order valence-corrected chi connectivity index (χ4v) is 2.51. The molecule has 0 aliphatic rings. The highest BCUT2D eigenvalue weighted by molar-refractivity contribution is 5.00. The Morgan fingerprint density at radius 3 is 2.35 bits per heavy atom. The van der Waals surface area contributed by atoms with E-state index in [4.69, 9.17) is 5.73 Å². The average Bonchev–Trinajstić information content (AvgIpc) is 2.71. The van der Waals surface area contributed by atoms with Gasteiger partial charge in [-0.3, -0.25) is 4.68 Å². The zero-order valence-electron chi connectivity index (χ0n) is 11.5. The van der Waals surface area contributed by atoms with Gasteiger partial charge in [-0.25, -0.2) is 0 Å². The molecule has 0 spiro atoms. The number of aryl methyl sites for hydroxylation is 2. The zero-order valence-corrected chi connectivity index (χ0v) is 11.5. The largest absolute Gasteiger partial charge is 0.327 e. The van der Waals surface area contributed by atoms with Crippen molar-refractivity contribution in [2.24, 2.45) is 18.7 Å². The van der Waals surface area contributed by atoms with Gasteiger partial charge in [-0.1, -0.05) is 26.7 Å². The van der Waals surface area contributed by atoms with Crippen LogP contribution in [0.3, 0.4) is 0 Å². The highest BCUT2D eigenvalue weighted by Gasteiger charge is 2.16. The van der Waals surface area contributed by atoms with E-state index < -0.39 is 0 Å². The summed E-state index contributed by atoms with van der Waals surface area (Å²) in [6.45, 7) is 4.49. The van der Waals surface area contributed by atoms with Crippen LogP contribution in [0, 0.1) is 5.92 Å². The molecular weight excluding hydrogens is 210 g/mol. The first-order valence-corrected chi connectivity index (χ1v) is 6.91. The summed E-state index contributed by atoms with van der Waals surface area (Å²) in [5.41, 5.74) is 7.61. The quantitative estimate of drug-likeness (QED) is 0.755. The van der Waals surface area contributed by atoms with Gasteiger partial charge in [0.25, 0.3) is 0 Å². The summed E-state index contributed by atoms with van der Waals surface area (Å²) in [6.07, 6.45) is 8.98. The first-order chi connectivity index (χ1) is 8.19. The lowest BCUT2D eigenvalue weighted by Crippen LogP contribution is -2.30. The summed E-state index contributed by atoms with van der Waals surface area (Å²) in [6, 6.07) is 2.42. The van der Waals surface area contributed by atoms with E-state index in [0.29, 0.717) is 12.0 Å². The molecule has 17 heavy (non-hydrogen) atoms. The van der Waals surface area contributed by atoms with Gasteiger partial charge in [0.1, 0.15) is 0 Å². The fourth-order valence-electron chi connectivity index (χ4n) is 2.51. The molecule has 98 valence electrons. The highest BCUT2D eigenvalue weighted by atomic mass is 15.2. The van der Waals surface area contributed by atoms with E-state index in [1.165, 1.54) is 31.4 Å². The summed E-state index contributed by atoms with van der Waals surface area (Å²) in [5, 5.41) is 4.19. The lowest BCUT2D eigenvalue weighted by molar-refractivity contribution is 0.346. The Morgan fingerprint density at radius 2 is 1.88 bits per heavy atom. The molecule has 1 heterocycles. The second-order valence-corrected chi connectivity index (χ2v) is 4.99. The van der Waals surface area contributed by atoms with Gasteiger partial charge in [0, 0.05) is 25.0 Å². The maximum absolute atomic E-state index is 6.33. The minimum atomic E-state index is 0.338. The molecular formula is C14H27N3. The Morgan fingerprint density at radius 1 is 1.24 bits per heavy atom. The van der Waals surface area contributed by atoms with Crippen LogP contribution >= 0.6 is 0 Å². The number of rotatable bonds is 8. The summed E-state index contributed by atoms with van der Waals surface area (Å²) in [5.74, 6) is 0.693. The molecule has 1 unspecified atom stereocenters. The Kier molecular flexibility index (Phi) is 6.27. The van der Waals surface area contributed by atoms with Crippen LogP contribution in [0.25, 0.3) is 0 Å². The number of hydrogen-bond acceptors (Lipinski definition) is 2. The molecule has 0 aliphatic carbocycles. The Bertz CT molecular complexity index is 300. The predicted octanol–water partition coefficient (Wildman–Crippen LogP) is 2.90. The maximum Gasteiger partial charge on any atom is 0.0492 e. The third-order valence-corrected chi connectivity index (χ3v) is 3.58. The lowest BCUT2D eigenvalue weighted by atomic mass is 9.88. The zero-order chi connectivity index (χ0) is 12.7. The average molecular weight is 237 g/mol. The minimum absolute atomic E-state index is 0.338. The van der Waals surface area contributed by atoms with Crippen molar-refractivity contribution in [3.05, 3.63) is 18.0 Å². The molecule has 0 amide bonds. The van der Waals surface area contributed by atoms with Crippen molar-refractivity contribution in [1.29, 1.82) is 0 Å². The highest BCUT2D eigenvalue weighted by Crippen LogP contribution is 2.19. The van der Waals surface area contributed by atoms with Crippen molar-refractivity contribution in [3.8, 4) is 0 Å². The molecule has 1 aromatic heterocycles. The molecule has 2 N–H and O–H groups in total. The van der Waals surface area contributed by atoms with Crippen LogP contribution in [0.15, 0.2) is 12.3 Å². The predicted molar refractivity (Wildman–Crippen MR) is 72.8 cm³/mol. The topological polar surface area (TPSA) is 43.8 Å². The number of nitrogens with zero attached hydrogens (tertiary/aromatic N) is 2. The molecule has 0 aromatic carbocycles. The summed E-state index contributed by atoms with van der Waals surface area (Å²) < 4.78 is 1.95. The van der Waals surface area contributed by atoms with Gasteiger partial charge in [0.05, 0.1) is 0 Å². The molecule has 1 rings (SSSR count). The van der Waals surface area contributed by atoms with Crippen LogP contribution in [0.5, 0.6) is 0 Å². The minimum Gasteiger partial charge on any atom is -0.327 e. The SMILES string of the molecule is CCCC(CCC)C(N)CCc1ccnn1C. The summed E-state index contributed by atoms with van der Waals surface area (Å²) in [4.78, 5) is 0. The first kappa shape index (κ1) is 14.2. The molecule has 0 aliphatic heterocycles. The lowest BCUT2D eigenvalue weighted by Gasteiger charge is -2.23. The maximum atomic E-state index is 6.33. The standard InChI is InChI=1S/C14H27N3/c1-4-6-12(7-5-2)14(15)9-8-13-10-11-16-17(13)3/h10-12,14H,4-9,15H2,1-3H3. The molecule has 0 saturated heterocycles. The van der Waals surface area contributed by atoms with Crippen molar-refractivity contribution in [1.82, 2.24) is 9.78 Å². The van der Waals surface area contributed by atoms with Gasteiger partial charge < -0.3 is 5.73 Å². The Hall–Kier alpha value is -0.830. The van der Waals surface area contributed by atoms with Crippen molar-refractivity contribution in [2.75, 3.05) is 0 Å². The van der Waals surface area contributed by atoms with Gasteiger partial charge in [-0.15, -0.1) is 0 Å². The van der Waals surface area contributed by atoms with Crippen LogP contribution in [-0.4, -0.2) is 15.8 Å². The smallest absolute Gasteiger partial charge is 0.0492 e. The third kappa shape index (κ3) is 4.50. The van der Waals surface area contributed by atoms with Crippen LogP contribution in [0.2, 0.25) is 0 Å². The van der Waals surface area contributed by atoms with Gasteiger partial charge in [0.15, 0.2) is 0 Å². The van der Waals surface area contributed by atoms with E-state index in [9.17, 15) is 0 Å². The number of aromatic nitrogens is 2. The molecule has 0 radical (unpaired) electrons. The van der Waals surface area contributed by atoms with E-state index >= 15 is 0 Å². The Labute approximate surface area is 105 Å². The van der Waals surface area contributed by atoms with Crippen molar-refractivity contribution in [3.63, 3.8) is 0 Å². The summed E-state index contributed by atoms with van der Waals surface area (Å²) in [7, 11) is 2.00. The van der Waals surface area contributed by atoms with Gasteiger partial charge in [0.2, 0.25) is 0 Å². The number of nitrogens with two attached hydrogens (primary N) is 1. The van der Waals surface area contributed by atoms with Crippen LogP contribution in [-0.2, 0) is 13.5 Å². The van der Waals surface area contributed by atoms with E-state index in [1.54, 1.807) is 0 Å². The summed E-state index contributed by atoms with van der Waals surface area (Å²) >= 11 is 0. The van der Waals surface area contributed by atoms with Crippen LogP contribution in [0.4, 0.5) is 0 Å².